The number of anilines is 3. The van der Waals surface area contributed by atoms with Gasteiger partial charge in [0.05, 0.1) is 5.41 Å². The first-order valence-corrected chi connectivity index (χ1v) is 19.0. The summed E-state index contributed by atoms with van der Waals surface area (Å²) in [6.07, 6.45) is 0. The van der Waals surface area contributed by atoms with Gasteiger partial charge in [-0.1, -0.05) is 152 Å². The Labute approximate surface area is 319 Å². The zero-order chi connectivity index (χ0) is 36.1. The lowest BCUT2D eigenvalue weighted by molar-refractivity contribution is 0.669. The van der Waals surface area contributed by atoms with Gasteiger partial charge in [-0.3, -0.25) is 0 Å². The molecule has 0 saturated heterocycles. The molecule has 9 aromatic carbocycles. The highest BCUT2D eigenvalue weighted by Crippen LogP contribution is 2.64. The Morgan fingerprint density at radius 2 is 0.964 bits per heavy atom. The lowest BCUT2D eigenvalue weighted by Gasteiger charge is -2.41. The van der Waals surface area contributed by atoms with Gasteiger partial charge in [0.15, 0.2) is 0 Å². The number of hydrogen-bond donors (Lipinski definition) is 0. The van der Waals surface area contributed by atoms with E-state index in [1.807, 2.05) is 12.1 Å². The van der Waals surface area contributed by atoms with Crippen LogP contribution in [0.2, 0.25) is 0 Å². The maximum atomic E-state index is 6.45. The molecule has 1 spiro atoms. The lowest BCUT2D eigenvalue weighted by atomic mass is 9.60. The summed E-state index contributed by atoms with van der Waals surface area (Å²) in [6.45, 7) is 0. The summed E-state index contributed by atoms with van der Waals surface area (Å²) in [6, 6.07) is 73.4. The first-order chi connectivity index (χ1) is 27.3. The molecule has 0 radical (unpaired) electrons. The third-order valence-corrected chi connectivity index (χ3v) is 12.0. The Hall–Kier alpha value is -7.16. The fourth-order valence-corrected chi connectivity index (χ4v) is 9.88. The molecular formula is C53H33NO. The molecule has 0 N–H and O–H groups in total. The van der Waals surface area contributed by atoms with Crippen molar-refractivity contribution < 1.29 is 4.42 Å². The van der Waals surface area contributed by atoms with Crippen LogP contribution in [0.4, 0.5) is 17.1 Å². The van der Waals surface area contributed by atoms with Gasteiger partial charge in [-0.25, -0.2) is 0 Å². The molecular weight excluding hydrogens is 667 g/mol. The molecule has 1 unspecified atom stereocenters. The Morgan fingerprint density at radius 3 is 1.78 bits per heavy atom. The molecule has 2 nitrogen and oxygen atoms in total. The molecule has 0 fully saturated rings. The van der Waals surface area contributed by atoms with Gasteiger partial charge in [0.25, 0.3) is 0 Å². The van der Waals surface area contributed by atoms with Gasteiger partial charge in [0.2, 0.25) is 0 Å². The van der Waals surface area contributed by atoms with Crippen LogP contribution < -0.4 is 4.90 Å². The van der Waals surface area contributed by atoms with E-state index in [0.717, 1.165) is 39.0 Å². The van der Waals surface area contributed by atoms with Crippen LogP contribution in [-0.2, 0) is 5.41 Å². The maximum Gasteiger partial charge on any atom is 0.137 e. The normalized spacial score (nSPS) is 15.0. The fraction of sp³-hybridized carbons (Fsp3) is 0.0189. The number of para-hydroxylation sites is 2. The summed E-state index contributed by atoms with van der Waals surface area (Å²) >= 11 is 0. The van der Waals surface area contributed by atoms with Crippen LogP contribution in [0.1, 0.15) is 22.3 Å². The average Bonchev–Trinajstić information content (AvgIpc) is 3.76. The largest absolute Gasteiger partial charge is 0.456 e. The smallest absolute Gasteiger partial charge is 0.137 e. The van der Waals surface area contributed by atoms with Crippen LogP contribution in [0.25, 0.3) is 66.1 Å². The Balaban J connectivity index is 1.19. The summed E-state index contributed by atoms with van der Waals surface area (Å²) < 4.78 is 6.45. The Morgan fingerprint density at radius 1 is 0.364 bits per heavy atom. The van der Waals surface area contributed by atoms with Crippen molar-refractivity contribution in [3.8, 4) is 33.4 Å². The minimum atomic E-state index is -0.581. The van der Waals surface area contributed by atoms with Crippen LogP contribution in [0.5, 0.6) is 0 Å². The minimum Gasteiger partial charge on any atom is -0.456 e. The second-order valence-electron chi connectivity index (χ2n) is 14.8. The minimum absolute atomic E-state index is 0.581. The number of fused-ring (bicyclic) bond motifs is 12. The van der Waals surface area contributed by atoms with Gasteiger partial charge in [-0.15, -0.1) is 0 Å². The molecule has 12 rings (SSSR count). The summed E-state index contributed by atoms with van der Waals surface area (Å²) in [5, 5.41) is 4.83. The number of nitrogens with zero attached hydrogens (tertiary/aromatic N) is 1. The second-order valence-corrected chi connectivity index (χ2v) is 14.8. The van der Waals surface area contributed by atoms with Gasteiger partial charge in [-0.05, 0) is 109 Å². The SMILES string of the molecule is c1ccc(-c2ccc3cccc4c3c2C2(c3ccccc3-c3ccc(N(c5ccccc5)c5ccc6c(c5)oc5ccccc56)cc32)c2ccccc2-4)cc1. The molecule has 1 aromatic heterocycles. The molecule has 55 heavy (non-hydrogen) atoms. The molecule has 0 saturated carbocycles. The van der Waals surface area contributed by atoms with Gasteiger partial charge in [0, 0.05) is 33.9 Å². The number of hydrogen-bond acceptors (Lipinski definition) is 2. The number of benzene rings is 9. The maximum absolute atomic E-state index is 6.45. The third-order valence-electron chi connectivity index (χ3n) is 12.0. The highest BCUT2D eigenvalue weighted by molar-refractivity contribution is 6.10. The first kappa shape index (κ1) is 30.3. The van der Waals surface area contributed by atoms with Crippen LogP contribution >= 0.6 is 0 Å². The van der Waals surface area contributed by atoms with E-state index in [1.54, 1.807) is 0 Å². The number of rotatable bonds is 4. The highest BCUT2D eigenvalue weighted by Gasteiger charge is 2.51. The third kappa shape index (κ3) is 4.14. The summed E-state index contributed by atoms with van der Waals surface area (Å²) in [7, 11) is 0. The zero-order valence-electron chi connectivity index (χ0n) is 29.9. The standard InChI is InChI=1S/C53H33NO/c1-3-14-34(15-4-1)39-29-26-35-16-13-22-45-41-20-8-11-24-47(41)53(52(39)51(35)45)46-23-10-7-19-40(46)42-30-27-37(32-48(42)53)54(36-17-5-2-6-18-36)38-28-31-44-43-21-9-12-25-49(43)55-50(44)33-38/h1-33H. The van der Waals surface area contributed by atoms with E-state index in [-0.39, 0.29) is 0 Å². The van der Waals surface area contributed by atoms with E-state index in [0.29, 0.717) is 0 Å². The van der Waals surface area contributed by atoms with Crippen molar-refractivity contribution in [3.63, 3.8) is 0 Å². The van der Waals surface area contributed by atoms with Crippen molar-refractivity contribution in [1.82, 2.24) is 0 Å². The Kier molecular flexibility index (Phi) is 6.29. The molecule has 1 atom stereocenters. The second kappa shape index (κ2) is 11.4. The predicted molar refractivity (Wildman–Crippen MR) is 228 cm³/mol. The van der Waals surface area contributed by atoms with Crippen molar-refractivity contribution in [1.29, 1.82) is 0 Å². The summed E-state index contributed by atoms with van der Waals surface area (Å²) in [5.41, 5.74) is 17.3. The zero-order valence-corrected chi connectivity index (χ0v) is 29.9. The lowest BCUT2D eigenvalue weighted by Crippen LogP contribution is -2.32. The molecule has 10 aromatic rings. The molecule has 2 aliphatic carbocycles. The monoisotopic (exact) mass is 699 g/mol. The molecule has 0 bridgehead atoms. The highest BCUT2D eigenvalue weighted by atomic mass is 16.3. The van der Waals surface area contributed by atoms with Gasteiger partial charge in [-0.2, -0.15) is 0 Å². The van der Waals surface area contributed by atoms with Crippen molar-refractivity contribution in [2.45, 2.75) is 5.41 Å². The summed E-state index contributed by atoms with van der Waals surface area (Å²) in [4.78, 5) is 2.38. The molecule has 0 aliphatic heterocycles. The topological polar surface area (TPSA) is 16.4 Å². The van der Waals surface area contributed by atoms with E-state index < -0.39 is 5.41 Å². The van der Waals surface area contributed by atoms with Crippen molar-refractivity contribution >= 4 is 49.8 Å². The van der Waals surface area contributed by atoms with E-state index in [4.69, 9.17) is 4.42 Å². The van der Waals surface area contributed by atoms with E-state index >= 15 is 0 Å². The van der Waals surface area contributed by atoms with Crippen molar-refractivity contribution in [2.24, 2.45) is 0 Å². The first-order valence-electron chi connectivity index (χ1n) is 19.0. The quantitative estimate of drug-likeness (QED) is 0.182. The van der Waals surface area contributed by atoms with Crippen LogP contribution in [-0.4, -0.2) is 0 Å². The Bertz CT molecular complexity index is 3160. The fourth-order valence-electron chi connectivity index (χ4n) is 9.88. The van der Waals surface area contributed by atoms with Crippen molar-refractivity contribution in [3.05, 3.63) is 222 Å². The molecule has 2 heteroatoms. The van der Waals surface area contributed by atoms with Gasteiger partial charge >= 0.3 is 0 Å². The van der Waals surface area contributed by atoms with E-state index in [9.17, 15) is 0 Å². The van der Waals surface area contributed by atoms with Crippen molar-refractivity contribution in [2.75, 3.05) is 4.90 Å². The van der Waals surface area contributed by atoms with Crippen LogP contribution in [0.15, 0.2) is 205 Å². The molecule has 2 aliphatic rings. The average molecular weight is 700 g/mol. The molecule has 0 amide bonds. The molecule has 256 valence electrons. The summed E-state index contributed by atoms with van der Waals surface area (Å²) in [5.74, 6) is 0. The van der Waals surface area contributed by atoms with E-state index in [1.165, 1.54) is 66.4 Å². The van der Waals surface area contributed by atoms with E-state index in [2.05, 4.69) is 193 Å². The molecule has 1 heterocycles. The number of furan rings is 1. The predicted octanol–water partition coefficient (Wildman–Crippen LogP) is 14.2. The van der Waals surface area contributed by atoms with Crippen LogP contribution in [0, 0.1) is 0 Å². The van der Waals surface area contributed by atoms with Gasteiger partial charge < -0.3 is 9.32 Å². The van der Waals surface area contributed by atoms with Crippen LogP contribution in [0.3, 0.4) is 0 Å². The van der Waals surface area contributed by atoms with Gasteiger partial charge in [0.1, 0.15) is 11.2 Å².